The zero-order valence-corrected chi connectivity index (χ0v) is 12.3. The SMILES string of the molecule is O=C(c1c(F)cccc1Br)N1CCC(CBr)C1. The van der Waals surface area contributed by atoms with Crippen molar-refractivity contribution in [2.75, 3.05) is 18.4 Å². The molecule has 0 radical (unpaired) electrons. The van der Waals surface area contributed by atoms with Gasteiger partial charge in [0.1, 0.15) is 5.82 Å². The first kappa shape index (κ1) is 13.0. The number of rotatable bonds is 2. The number of benzene rings is 1. The summed E-state index contributed by atoms with van der Waals surface area (Å²) >= 11 is 6.65. The fraction of sp³-hybridized carbons (Fsp3) is 0.417. The van der Waals surface area contributed by atoms with Crippen molar-refractivity contribution in [3.63, 3.8) is 0 Å². The number of halogens is 3. The predicted molar refractivity (Wildman–Crippen MR) is 71.9 cm³/mol. The van der Waals surface area contributed by atoms with E-state index < -0.39 is 5.82 Å². The Hall–Kier alpha value is -0.420. The van der Waals surface area contributed by atoms with Crippen molar-refractivity contribution in [1.29, 1.82) is 0 Å². The highest BCUT2D eigenvalue weighted by atomic mass is 79.9. The van der Waals surface area contributed by atoms with Gasteiger partial charge in [-0.25, -0.2) is 4.39 Å². The van der Waals surface area contributed by atoms with Gasteiger partial charge in [-0.3, -0.25) is 4.79 Å². The third kappa shape index (κ3) is 2.71. The van der Waals surface area contributed by atoms with E-state index in [0.29, 0.717) is 23.5 Å². The average Bonchev–Trinajstić information content (AvgIpc) is 2.77. The van der Waals surface area contributed by atoms with Crippen molar-refractivity contribution in [3.05, 3.63) is 34.1 Å². The zero-order chi connectivity index (χ0) is 12.4. The first-order valence-electron chi connectivity index (χ1n) is 5.42. The van der Waals surface area contributed by atoms with E-state index in [-0.39, 0.29) is 11.5 Å². The lowest BCUT2D eigenvalue weighted by Crippen LogP contribution is -2.29. The van der Waals surface area contributed by atoms with E-state index in [1.165, 1.54) is 6.07 Å². The highest BCUT2D eigenvalue weighted by Crippen LogP contribution is 2.25. The number of nitrogens with zero attached hydrogens (tertiary/aromatic N) is 1. The van der Waals surface area contributed by atoms with Crippen molar-refractivity contribution in [3.8, 4) is 0 Å². The lowest BCUT2D eigenvalue weighted by molar-refractivity contribution is 0.0783. The highest BCUT2D eigenvalue weighted by molar-refractivity contribution is 9.10. The number of hydrogen-bond acceptors (Lipinski definition) is 1. The normalized spacial score (nSPS) is 19.7. The van der Waals surface area contributed by atoms with E-state index in [2.05, 4.69) is 31.9 Å². The highest BCUT2D eigenvalue weighted by Gasteiger charge is 2.28. The summed E-state index contributed by atoms with van der Waals surface area (Å²) in [6.45, 7) is 1.40. The first-order chi connectivity index (χ1) is 8.13. The van der Waals surface area contributed by atoms with Crippen LogP contribution in [0.15, 0.2) is 22.7 Å². The van der Waals surface area contributed by atoms with Crippen LogP contribution in [0.3, 0.4) is 0 Å². The maximum Gasteiger partial charge on any atom is 0.257 e. The van der Waals surface area contributed by atoms with E-state index in [4.69, 9.17) is 0 Å². The molecule has 92 valence electrons. The van der Waals surface area contributed by atoms with Gasteiger partial charge in [-0.15, -0.1) is 0 Å². The Balaban J connectivity index is 2.21. The number of alkyl halides is 1. The van der Waals surface area contributed by atoms with Crippen LogP contribution < -0.4 is 0 Å². The topological polar surface area (TPSA) is 20.3 Å². The minimum Gasteiger partial charge on any atom is -0.338 e. The van der Waals surface area contributed by atoms with Gasteiger partial charge < -0.3 is 4.90 Å². The minimum atomic E-state index is -0.466. The Morgan fingerprint density at radius 3 is 2.88 bits per heavy atom. The van der Waals surface area contributed by atoms with Crippen LogP contribution in [-0.2, 0) is 0 Å². The molecule has 2 nitrogen and oxygen atoms in total. The summed E-state index contributed by atoms with van der Waals surface area (Å²) in [6.07, 6.45) is 0.975. The van der Waals surface area contributed by atoms with Crippen molar-refractivity contribution < 1.29 is 9.18 Å². The Morgan fingerprint density at radius 1 is 1.53 bits per heavy atom. The summed E-state index contributed by atoms with van der Waals surface area (Å²) in [7, 11) is 0. The molecule has 0 aliphatic carbocycles. The average molecular weight is 365 g/mol. The molecule has 2 rings (SSSR count). The van der Waals surface area contributed by atoms with Gasteiger partial charge in [0.05, 0.1) is 5.56 Å². The Morgan fingerprint density at radius 2 is 2.29 bits per heavy atom. The molecule has 17 heavy (non-hydrogen) atoms. The van der Waals surface area contributed by atoms with E-state index in [0.717, 1.165) is 11.8 Å². The van der Waals surface area contributed by atoms with Gasteiger partial charge in [0.15, 0.2) is 0 Å². The lowest BCUT2D eigenvalue weighted by Gasteiger charge is -2.17. The molecule has 1 aromatic rings. The van der Waals surface area contributed by atoms with Crippen molar-refractivity contribution in [1.82, 2.24) is 4.90 Å². The van der Waals surface area contributed by atoms with Gasteiger partial charge >= 0.3 is 0 Å². The van der Waals surface area contributed by atoms with Gasteiger partial charge in [-0.05, 0) is 40.4 Å². The lowest BCUT2D eigenvalue weighted by atomic mass is 10.1. The van der Waals surface area contributed by atoms with Crippen LogP contribution in [0.5, 0.6) is 0 Å². The molecule has 1 atom stereocenters. The summed E-state index contributed by atoms with van der Waals surface area (Å²) in [5.41, 5.74) is 0.141. The molecule has 0 N–H and O–H groups in total. The summed E-state index contributed by atoms with van der Waals surface area (Å²) in [4.78, 5) is 13.9. The molecule has 1 aromatic carbocycles. The smallest absolute Gasteiger partial charge is 0.257 e. The fourth-order valence-corrected chi connectivity index (χ4v) is 3.04. The van der Waals surface area contributed by atoms with Gasteiger partial charge in [-0.2, -0.15) is 0 Å². The number of carbonyl (C=O) groups is 1. The van der Waals surface area contributed by atoms with Crippen molar-refractivity contribution in [2.24, 2.45) is 5.92 Å². The summed E-state index contributed by atoms with van der Waals surface area (Å²) in [5, 5.41) is 0.884. The largest absolute Gasteiger partial charge is 0.338 e. The molecule has 1 amide bonds. The van der Waals surface area contributed by atoms with E-state index in [1.54, 1.807) is 17.0 Å². The molecule has 1 heterocycles. The summed E-state index contributed by atoms with van der Waals surface area (Å²) in [5.74, 6) is -0.213. The Bertz CT molecular complexity index is 418. The molecule has 1 unspecified atom stereocenters. The molecule has 0 spiro atoms. The predicted octanol–water partition coefficient (Wildman–Crippen LogP) is 3.45. The molecule has 5 heteroatoms. The molecular weight excluding hydrogens is 353 g/mol. The van der Waals surface area contributed by atoms with Crippen LogP contribution in [0, 0.1) is 11.7 Å². The second kappa shape index (κ2) is 5.48. The third-order valence-electron chi connectivity index (χ3n) is 2.97. The number of hydrogen-bond donors (Lipinski definition) is 0. The third-order valence-corrected chi connectivity index (χ3v) is 4.54. The van der Waals surface area contributed by atoms with Crippen LogP contribution >= 0.6 is 31.9 Å². The number of carbonyl (C=O) groups excluding carboxylic acids is 1. The van der Waals surface area contributed by atoms with Gasteiger partial charge in [0.25, 0.3) is 5.91 Å². The number of amides is 1. The van der Waals surface area contributed by atoms with Gasteiger partial charge in [-0.1, -0.05) is 22.0 Å². The van der Waals surface area contributed by atoms with Crippen LogP contribution in [0.2, 0.25) is 0 Å². The van der Waals surface area contributed by atoms with Crippen LogP contribution in [0.1, 0.15) is 16.8 Å². The first-order valence-corrected chi connectivity index (χ1v) is 7.34. The monoisotopic (exact) mass is 363 g/mol. The summed E-state index contributed by atoms with van der Waals surface area (Å²) < 4.78 is 14.2. The minimum absolute atomic E-state index is 0.141. The van der Waals surface area contributed by atoms with E-state index in [1.807, 2.05) is 0 Å². The number of likely N-dealkylation sites (tertiary alicyclic amines) is 1. The molecule has 0 bridgehead atoms. The second-order valence-electron chi connectivity index (χ2n) is 4.16. The molecule has 0 aromatic heterocycles. The van der Waals surface area contributed by atoms with E-state index in [9.17, 15) is 9.18 Å². The standard InChI is InChI=1S/C12H12Br2FNO/c13-6-8-4-5-16(7-8)12(17)11-9(14)2-1-3-10(11)15/h1-3,8H,4-7H2. The molecule has 1 aliphatic rings. The maximum absolute atomic E-state index is 13.6. The second-order valence-corrected chi connectivity index (χ2v) is 5.66. The zero-order valence-electron chi connectivity index (χ0n) is 9.13. The molecule has 0 saturated carbocycles. The molecule has 1 fully saturated rings. The maximum atomic E-state index is 13.6. The van der Waals surface area contributed by atoms with E-state index >= 15 is 0 Å². The molecule has 1 aliphatic heterocycles. The van der Waals surface area contributed by atoms with Gasteiger partial charge in [0.2, 0.25) is 0 Å². The van der Waals surface area contributed by atoms with Crippen molar-refractivity contribution in [2.45, 2.75) is 6.42 Å². The van der Waals surface area contributed by atoms with Crippen LogP contribution in [0.4, 0.5) is 4.39 Å². The van der Waals surface area contributed by atoms with Crippen LogP contribution in [0.25, 0.3) is 0 Å². The summed E-state index contributed by atoms with van der Waals surface area (Å²) in [6, 6.07) is 4.59. The van der Waals surface area contributed by atoms with Gasteiger partial charge in [0, 0.05) is 22.9 Å². The Kier molecular flexibility index (Phi) is 4.20. The van der Waals surface area contributed by atoms with Crippen molar-refractivity contribution >= 4 is 37.8 Å². The Labute approximate surface area is 116 Å². The molecule has 1 saturated heterocycles. The van der Waals surface area contributed by atoms with Crippen LogP contribution in [-0.4, -0.2) is 29.2 Å². The fourth-order valence-electron chi connectivity index (χ4n) is 2.00. The molecular formula is C12H12Br2FNO. The quantitative estimate of drug-likeness (QED) is 0.736.